The minimum atomic E-state index is 0.770. The molecule has 0 saturated heterocycles. The van der Waals surface area contributed by atoms with E-state index in [1.165, 1.54) is 16.8 Å². The molecule has 0 atom stereocenters. The maximum Gasteiger partial charge on any atom is 0.0662 e. The second-order valence-electron chi connectivity index (χ2n) is 5.63. The molecule has 21 heavy (non-hydrogen) atoms. The first-order chi connectivity index (χ1) is 10.1. The lowest BCUT2D eigenvalue weighted by Gasteiger charge is -2.16. The van der Waals surface area contributed by atoms with Gasteiger partial charge in [0.25, 0.3) is 0 Å². The lowest BCUT2D eigenvalue weighted by atomic mass is 10.1. The molecule has 2 aromatic rings. The number of aryl methyl sites for hydroxylation is 2. The first-order valence-electron chi connectivity index (χ1n) is 7.35. The average molecular weight is 287 g/mol. The normalized spacial score (nSPS) is 11.3. The van der Waals surface area contributed by atoms with Gasteiger partial charge in [0.2, 0.25) is 0 Å². The van der Waals surface area contributed by atoms with Gasteiger partial charge in [-0.2, -0.15) is 5.10 Å². The van der Waals surface area contributed by atoms with E-state index < -0.39 is 0 Å². The molecule has 0 N–H and O–H groups in total. The Balaban J connectivity index is 1.94. The number of rotatable bonds is 7. The molecule has 0 aliphatic rings. The van der Waals surface area contributed by atoms with Crippen LogP contribution < -0.4 is 0 Å². The summed E-state index contributed by atoms with van der Waals surface area (Å²) in [5.41, 5.74) is 4.88. The Hall–Kier alpha value is -1.65. The smallest absolute Gasteiger partial charge is 0.0662 e. The van der Waals surface area contributed by atoms with Crippen molar-refractivity contribution in [3.8, 4) is 0 Å². The zero-order valence-corrected chi connectivity index (χ0v) is 13.5. The van der Waals surface area contributed by atoms with E-state index in [1.54, 1.807) is 7.11 Å². The van der Waals surface area contributed by atoms with Gasteiger partial charge in [-0.3, -0.25) is 9.58 Å². The number of hydrogen-bond acceptors (Lipinski definition) is 3. The fourth-order valence-electron chi connectivity index (χ4n) is 2.40. The van der Waals surface area contributed by atoms with Gasteiger partial charge in [-0.25, -0.2) is 0 Å². The van der Waals surface area contributed by atoms with E-state index in [2.05, 4.69) is 59.0 Å². The fraction of sp³-hybridized carbons (Fsp3) is 0.471. The van der Waals surface area contributed by atoms with Gasteiger partial charge in [0, 0.05) is 25.9 Å². The van der Waals surface area contributed by atoms with Gasteiger partial charge in [-0.15, -0.1) is 0 Å². The van der Waals surface area contributed by atoms with Gasteiger partial charge in [0.05, 0.1) is 18.8 Å². The quantitative estimate of drug-likeness (QED) is 0.784. The van der Waals surface area contributed by atoms with Crippen molar-refractivity contribution in [2.75, 3.05) is 27.3 Å². The van der Waals surface area contributed by atoms with Crippen molar-refractivity contribution < 1.29 is 4.74 Å². The minimum absolute atomic E-state index is 0.770. The van der Waals surface area contributed by atoms with Crippen molar-refractivity contribution in [2.45, 2.75) is 26.9 Å². The number of hydrogen-bond donors (Lipinski definition) is 0. The summed E-state index contributed by atoms with van der Waals surface area (Å²) in [4.78, 5) is 2.26. The van der Waals surface area contributed by atoms with Gasteiger partial charge >= 0.3 is 0 Å². The summed E-state index contributed by atoms with van der Waals surface area (Å²) in [5, 5.41) is 4.50. The Labute approximate surface area is 127 Å². The SMILES string of the molecule is COCCN(C)Cc1ccc(Cn2nc(C)cc2C)cc1. The van der Waals surface area contributed by atoms with Crippen LogP contribution >= 0.6 is 0 Å². The highest BCUT2D eigenvalue weighted by Gasteiger charge is 2.03. The van der Waals surface area contributed by atoms with E-state index in [0.717, 1.165) is 31.9 Å². The monoisotopic (exact) mass is 287 g/mol. The van der Waals surface area contributed by atoms with Crippen molar-refractivity contribution in [2.24, 2.45) is 0 Å². The second-order valence-corrected chi connectivity index (χ2v) is 5.63. The minimum Gasteiger partial charge on any atom is -0.383 e. The third-order valence-electron chi connectivity index (χ3n) is 3.59. The van der Waals surface area contributed by atoms with Crippen LogP contribution in [0, 0.1) is 13.8 Å². The van der Waals surface area contributed by atoms with Gasteiger partial charge in [0.1, 0.15) is 0 Å². The van der Waals surface area contributed by atoms with Crippen molar-refractivity contribution in [3.63, 3.8) is 0 Å². The Morgan fingerprint density at radius 2 is 1.81 bits per heavy atom. The first-order valence-corrected chi connectivity index (χ1v) is 7.35. The predicted molar refractivity (Wildman–Crippen MR) is 85.5 cm³/mol. The Bertz CT molecular complexity index is 560. The van der Waals surface area contributed by atoms with E-state index in [-0.39, 0.29) is 0 Å². The molecular weight excluding hydrogens is 262 g/mol. The molecule has 0 saturated carbocycles. The molecule has 0 unspecified atom stereocenters. The number of methoxy groups -OCH3 is 1. The molecule has 4 heteroatoms. The molecule has 114 valence electrons. The number of nitrogens with zero attached hydrogens (tertiary/aromatic N) is 3. The number of likely N-dealkylation sites (N-methyl/N-ethyl adjacent to an activating group) is 1. The molecule has 0 aliphatic heterocycles. The third-order valence-corrected chi connectivity index (χ3v) is 3.59. The van der Waals surface area contributed by atoms with Crippen LogP contribution in [-0.2, 0) is 17.8 Å². The molecule has 1 aromatic carbocycles. The highest BCUT2D eigenvalue weighted by Crippen LogP contribution is 2.10. The van der Waals surface area contributed by atoms with E-state index in [0.29, 0.717) is 0 Å². The van der Waals surface area contributed by atoms with E-state index >= 15 is 0 Å². The maximum atomic E-state index is 5.10. The Kier molecular flexibility index (Phi) is 5.53. The number of ether oxygens (including phenoxy) is 1. The summed E-state index contributed by atoms with van der Waals surface area (Å²) < 4.78 is 7.15. The molecular formula is C17H25N3O. The molecule has 0 bridgehead atoms. The lowest BCUT2D eigenvalue weighted by Crippen LogP contribution is -2.22. The van der Waals surface area contributed by atoms with Crippen LogP contribution in [0.2, 0.25) is 0 Å². The molecule has 0 fully saturated rings. The molecule has 0 spiro atoms. The average Bonchev–Trinajstić information content (AvgIpc) is 2.77. The standard InChI is InChI=1S/C17H25N3O/c1-14-11-15(2)20(18-14)13-17-7-5-16(6-8-17)12-19(3)9-10-21-4/h5-8,11H,9-10,12-13H2,1-4H3. The summed E-state index contributed by atoms with van der Waals surface area (Å²) in [6, 6.07) is 10.9. The molecule has 1 heterocycles. The summed E-state index contributed by atoms with van der Waals surface area (Å²) in [5.74, 6) is 0. The fourth-order valence-corrected chi connectivity index (χ4v) is 2.40. The number of aromatic nitrogens is 2. The van der Waals surface area contributed by atoms with Crippen molar-refractivity contribution in [1.29, 1.82) is 0 Å². The van der Waals surface area contributed by atoms with Crippen LogP contribution in [-0.4, -0.2) is 42.0 Å². The lowest BCUT2D eigenvalue weighted by molar-refractivity contribution is 0.158. The van der Waals surface area contributed by atoms with Gasteiger partial charge in [-0.1, -0.05) is 24.3 Å². The van der Waals surface area contributed by atoms with Crippen LogP contribution in [0.3, 0.4) is 0 Å². The van der Waals surface area contributed by atoms with Crippen LogP contribution in [0.25, 0.3) is 0 Å². The van der Waals surface area contributed by atoms with Crippen LogP contribution in [0.15, 0.2) is 30.3 Å². The van der Waals surface area contributed by atoms with Crippen molar-refractivity contribution in [1.82, 2.24) is 14.7 Å². The zero-order valence-electron chi connectivity index (χ0n) is 13.5. The third kappa shape index (κ3) is 4.69. The Morgan fingerprint density at radius 3 is 2.38 bits per heavy atom. The van der Waals surface area contributed by atoms with Gasteiger partial charge < -0.3 is 4.74 Å². The molecule has 0 amide bonds. The van der Waals surface area contributed by atoms with E-state index in [1.807, 2.05) is 6.92 Å². The summed E-state index contributed by atoms with van der Waals surface area (Å²) in [7, 11) is 3.85. The molecule has 1 aromatic heterocycles. The van der Waals surface area contributed by atoms with Gasteiger partial charge in [0.15, 0.2) is 0 Å². The van der Waals surface area contributed by atoms with Crippen LogP contribution in [0.4, 0.5) is 0 Å². The summed E-state index contributed by atoms with van der Waals surface area (Å²) in [6.45, 7) is 7.63. The van der Waals surface area contributed by atoms with Crippen LogP contribution in [0.1, 0.15) is 22.5 Å². The number of benzene rings is 1. The van der Waals surface area contributed by atoms with E-state index in [9.17, 15) is 0 Å². The second kappa shape index (κ2) is 7.38. The van der Waals surface area contributed by atoms with Gasteiger partial charge in [-0.05, 0) is 38.1 Å². The van der Waals surface area contributed by atoms with E-state index in [4.69, 9.17) is 4.74 Å². The summed E-state index contributed by atoms with van der Waals surface area (Å²) in [6.07, 6.45) is 0. The molecule has 4 nitrogen and oxygen atoms in total. The maximum absolute atomic E-state index is 5.10. The van der Waals surface area contributed by atoms with Crippen molar-refractivity contribution >= 4 is 0 Å². The zero-order chi connectivity index (χ0) is 15.2. The van der Waals surface area contributed by atoms with Crippen molar-refractivity contribution in [3.05, 3.63) is 52.8 Å². The Morgan fingerprint density at radius 1 is 1.14 bits per heavy atom. The first kappa shape index (κ1) is 15.7. The highest BCUT2D eigenvalue weighted by atomic mass is 16.5. The topological polar surface area (TPSA) is 30.3 Å². The van der Waals surface area contributed by atoms with Crippen LogP contribution in [0.5, 0.6) is 0 Å². The largest absolute Gasteiger partial charge is 0.383 e. The highest BCUT2D eigenvalue weighted by molar-refractivity contribution is 5.23. The summed E-state index contributed by atoms with van der Waals surface area (Å²) >= 11 is 0. The molecule has 0 aliphatic carbocycles. The molecule has 0 radical (unpaired) electrons. The predicted octanol–water partition coefficient (Wildman–Crippen LogP) is 2.63. The molecule has 2 rings (SSSR count).